The van der Waals surface area contributed by atoms with Crippen molar-refractivity contribution >= 4 is 17.5 Å². The van der Waals surface area contributed by atoms with Crippen LogP contribution in [0.4, 0.5) is 0 Å². The molecule has 0 saturated carbocycles. The summed E-state index contributed by atoms with van der Waals surface area (Å²) in [6, 6.07) is 1.63. The third-order valence-electron chi connectivity index (χ3n) is 2.82. The topological polar surface area (TPSA) is 60.2 Å². The van der Waals surface area contributed by atoms with Crippen molar-refractivity contribution in [2.75, 3.05) is 39.3 Å². The van der Waals surface area contributed by atoms with Gasteiger partial charge in [0.05, 0.1) is 5.02 Å². The van der Waals surface area contributed by atoms with Crippen LogP contribution in [0.1, 0.15) is 10.5 Å². The monoisotopic (exact) mass is 256 g/mol. The highest BCUT2D eigenvalue weighted by atomic mass is 35.5. The van der Waals surface area contributed by atoms with E-state index >= 15 is 0 Å². The molecule has 2 heterocycles. The number of carbonyl (C=O) groups is 1. The third kappa shape index (κ3) is 3.73. The van der Waals surface area contributed by atoms with Gasteiger partial charge in [-0.3, -0.25) is 9.69 Å². The number of H-pyrrole nitrogens is 1. The zero-order chi connectivity index (χ0) is 12.1. The molecule has 1 aliphatic rings. The van der Waals surface area contributed by atoms with Gasteiger partial charge in [0.15, 0.2) is 0 Å². The standard InChI is InChI=1S/C11H17ClN4O/c12-9-7-10(15-8-9)11(17)14-3-6-16-4-1-13-2-5-16/h7-8,13,15H,1-6H2,(H,14,17). The van der Waals surface area contributed by atoms with E-state index in [1.54, 1.807) is 12.3 Å². The Bertz CT molecular complexity index is 373. The Morgan fingerprint density at radius 2 is 2.24 bits per heavy atom. The summed E-state index contributed by atoms with van der Waals surface area (Å²) >= 11 is 5.73. The Hall–Kier alpha value is -1.04. The fraction of sp³-hybridized carbons (Fsp3) is 0.545. The number of nitrogens with zero attached hydrogens (tertiary/aromatic N) is 1. The Morgan fingerprint density at radius 3 is 2.88 bits per heavy atom. The number of halogens is 1. The molecule has 5 nitrogen and oxygen atoms in total. The highest BCUT2D eigenvalue weighted by Gasteiger charge is 2.10. The number of aromatic nitrogens is 1. The number of rotatable bonds is 4. The summed E-state index contributed by atoms with van der Waals surface area (Å²) in [7, 11) is 0. The second kappa shape index (κ2) is 6.05. The van der Waals surface area contributed by atoms with Crippen molar-refractivity contribution in [3.8, 4) is 0 Å². The fourth-order valence-corrected chi connectivity index (χ4v) is 2.02. The highest BCUT2D eigenvalue weighted by Crippen LogP contribution is 2.08. The van der Waals surface area contributed by atoms with Gasteiger partial charge in [0.2, 0.25) is 0 Å². The van der Waals surface area contributed by atoms with E-state index in [0.29, 0.717) is 17.3 Å². The Labute approximate surface area is 106 Å². The first-order chi connectivity index (χ1) is 8.25. The first-order valence-corrected chi connectivity index (χ1v) is 6.19. The van der Waals surface area contributed by atoms with Crippen molar-refractivity contribution in [3.05, 3.63) is 23.0 Å². The van der Waals surface area contributed by atoms with Crippen LogP contribution < -0.4 is 10.6 Å². The van der Waals surface area contributed by atoms with Crippen LogP contribution in [0.5, 0.6) is 0 Å². The van der Waals surface area contributed by atoms with Crippen LogP contribution in [0.25, 0.3) is 0 Å². The fourth-order valence-electron chi connectivity index (χ4n) is 1.86. The molecule has 1 amide bonds. The molecule has 1 saturated heterocycles. The predicted molar refractivity (Wildman–Crippen MR) is 67.4 cm³/mol. The van der Waals surface area contributed by atoms with Crippen LogP contribution in [0, 0.1) is 0 Å². The van der Waals surface area contributed by atoms with E-state index in [9.17, 15) is 4.79 Å². The molecule has 1 aromatic rings. The Morgan fingerprint density at radius 1 is 1.47 bits per heavy atom. The molecule has 0 unspecified atom stereocenters. The predicted octanol–water partition coefficient (Wildman–Crippen LogP) is 0.303. The maximum Gasteiger partial charge on any atom is 0.267 e. The number of piperazine rings is 1. The van der Waals surface area contributed by atoms with Crippen molar-refractivity contribution < 1.29 is 4.79 Å². The summed E-state index contributed by atoms with van der Waals surface area (Å²) in [5.74, 6) is -0.105. The van der Waals surface area contributed by atoms with Gasteiger partial charge >= 0.3 is 0 Å². The van der Waals surface area contributed by atoms with E-state index in [4.69, 9.17) is 11.6 Å². The molecule has 1 fully saturated rings. The summed E-state index contributed by atoms with van der Waals surface area (Å²) < 4.78 is 0. The lowest BCUT2D eigenvalue weighted by molar-refractivity contribution is 0.0943. The van der Waals surface area contributed by atoms with Gasteiger partial charge in [-0.2, -0.15) is 0 Å². The Kier molecular flexibility index (Phi) is 4.42. The molecule has 0 aliphatic carbocycles. The molecular formula is C11H17ClN4O. The highest BCUT2D eigenvalue weighted by molar-refractivity contribution is 6.30. The summed E-state index contributed by atoms with van der Waals surface area (Å²) in [6.45, 7) is 5.70. The van der Waals surface area contributed by atoms with E-state index in [1.807, 2.05) is 0 Å². The number of hydrogen-bond acceptors (Lipinski definition) is 3. The van der Waals surface area contributed by atoms with E-state index in [2.05, 4.69) is 20.5 Å². The molecule has 0 radical (unpaired) electrons. The molecule has 3 N–H and O–H groups in total. The maximum absolute atomic E-state index is 11.7. The lowest BCUT2D eigenvalue weighted by Crippen LogP contribution is -2.46. The molecule has 0 aromatic carbocycles. The van der Waals surface area contributed by atoms with Crippen LogP contribution in [-0.2, 0) is 0 Å². The first kappa shape index (κ1) is 12.4. The lowest BCUT2D eigenvalue weighted by Gasteiger charge is -2.26. The first-order valence-electron chi connectivity index (χ1n) is 5.81. The minimum Gasteiger partial charge on any atom is -0.356 e. The molecule has 0 spiro atoms. The second-order valence-electron chi connectivity index (χ2n) is 4.08. The van der Waals surface area contributed by atoms with E-state index in [1.165, 1.54) is 0 Å². The number of carbonyl (C=O) groups excluding carboxylic acids is 1. The van der Waals surface area contributed by atoms with Gasteiger partial charge in [-0.1, -0.05) is 11.6 Å². The minimum atomic E-state index is -0.105. The zero-order valence-electron chi connectivity index (χ0n) is 9.63. The van der Waals surface area contributed by atoms with Crippen molar-refractivity contribution in [1.82, 2.24) is 20.5 Å². The molecule has 6 heteroatoms. The molecular weight excluding hydrogens is 240 g/mol. The van der Waals surface area contributed by atoms with Crippen molar-refractivity contribution in [3.63, 3.8) is 0 Å². The molecule has 0 atom stereocenters. The maximum atomic E-state index is 11.7. The number of aromatic amines is 1. The summed E-state index contributed by atoms with van der Waals surface area (Å²) in [6.07, 6.45) is 1.60. The zero-order valence-corrected chi connectivity index (χ0v) is 10.4. The van der Waals surface area contributed by atoms with E-state index in [-0.39, 0.29) is 5.91 Å². The van der Waals surface area contributed by atoms with Crippen molar-refractivity contribution in [2.45, 2.75) is 0 Å². The normalized spacial score (nSPS) is 17.0. The summed E-state index contributed by atoms with van der Waals surface area (Å²) in [5, 5.41) is 6.72. The third-order valence-corrected chi connectivity index (χ3v) is 3.03. The SMILES string of the molecule is O=C(NCCN1CCNCC1)c1cc(Cl)c[nH]1. The average Bonchev–Trinajstić information content (AvgIpc) is 2.77. The van der Waals surface area contributed by atoms with Gasteiger partial charge in [0.25, 0.3) is 5.91 Å². The molecule has 17 heavy (non-hydrogen) atoms. The van der Waals surface area contributed by atoms with E-state index in [0.717, 1.165) is 32.7 Å². The average molecular weight is 257 g/mol. The molecule has 2 rings (SSSR count). The molecule has 0 bridgehead atoms. The van der Waals surface area contributed by atoms with Crippen LogP contribution in [0.15, 0.2) is 12.3 Å². The Balaban J connectivity index is 1.69. The minimum absolute atomic E-state index is 0.105. The van der Waals surface area contributed by atoms with Crippen LogP contribution >= 0.6 is 11.6 Å². The molecule has 1 aliphatic heterocycles. The lowest BCUT2D eigenvalue weighted by atomic mass is 10.3. The summed E-state index contributed by atoms with van der Waals surface area (Å²) in [5.41, 5.74) is 0.510. The quantitative estimate of drug-likeness (QED) is 0.726. The number of amides is 1. The largest absolute Gasteiger partial charge is 0.356 e. The van der Waals surface area contributed by atoms with Crippen molar-refractivity contribution in [2.24, 2.45) is 0 Å². The molecule has 94 valence electrons. The van der Waals surface area contributed by atoms with Crippen LogP contribution in [0.2, 0.25) is 5.02 Å². The van der Waals surface area contributed by atoms with Crippen LogP contribution in [0.3, 0.4) is 0 Å². The molecule has 1 aromatic heterocycles. The van der Waals surface area contributed by atoms with Gasteiger partial charge in [-0.15, -0.1) is 0 Å². The second-order valence-corrected chi connectivity index (χ2v) is 4.52. The van der Waals surface area contributed by atoms with Gasteiger partial charge in [0, 0.05) is 45.5 Å². The number of hydrogen-bond donors (Lipinski definition) is 3. The van der Waals surface area contributed by atoms with Crippen molar-refractivity contribution in [1.29, 1.82) is 0 Å². The van der Waals surface area contributed by atoms with Gasteiger partial charge < -0.3 is 15.6 Å². The van der Waals surface area contributed by atoms with E-state index < -0.39 is 0 Å². The smallest absolute Gasteiger partial charge is 0.267 e. The van der Waals surface area contributed by atoms with Crippen LogP contribution in [-0.4, -0.2) is 55.1 Å². The van der Waals surface area contributed by atoms with Gasteiger partial charge in [-0.05, 0) is 6.07 Å². The van der Waals surface area contributed by atoms with Gasteiger partial charge in [-0.25, -0.2) is 0 Å². The number of nitrogens with one attached hydrogen (secondary N) is 3. The summed E-state index contributed by atoms with van der Waals surface area (Å²) in [4.78, 5) is 16.8. The van der Waals surface area contributed by atoms with Gasteiger partial charge in [0.1, 0.15) is 5.69 Å².